The third-order valence-corrected chi connectivity index (χ3v) is 2.65. The van der Waals surface area contributed by atoms with E-state index in [9.17, 15) is 4.39 Å². The molecular weight excluding hydrogens is 219 g/mol. The minimum atomic E-state index is -0.218. The Morgan fingerprint density at radius 3 is 2.76 bits per heavy atom. The molecule has 3 N–H and O–H groups in total. The maximum atomic E-state index is 13.3. The molecule has 1 aromatic carbocycles. The average Bonchev–Trinajstić information content (AvgIpc) is 2.28. The molecule has 0 saturated carbocycles. The summed E-state index contributed by atoms with van der Waals surface area (Å²) in [7, 11) is 0. The highest BCUT2D eigenvalue weighted by Crippen LogP contribution is 2.20. The quantitative estimate of drug-likeness (QED) is 0.437. The van der Waals surface area contributed by atoms with Gasteiger partial charge in [0.25, 0.3) is 0 Å². The highest BCUT2D eigenvalue weighted by Gasteiger charge is 2.10. The van der Waals surface area contributed by atoms with Gasteiger partial charge >= 0.3 is 0 Å². The molecule has 0 aliphatic heterocycles. The van der Waals surface area contributed by atoms with Gasteiger partial charge in [0, 0.05) is 19.3 Å². The molecule has 0 bridgehead atoms. The van der Waals surface area contributed by atoms with E-state index in [0.717, 1.165) is 30.6 Å². The van der Waals surface area contributed by atoms with E-state index in [4.69, 9.17) is 10.6 Å². The molecule has 4 heteroatoms. The van der Waals surface area contributed by atoms with Crippen LogP contribution in [0.4, 0.5) is 4.39 Å². The van der Waals surface area contributed by atoms with Gasteiger partial charge in [-0.3, -0.25) is 11.3 Å². The molecule has 96 valence electrons. The molecule has 0 spiro atoms. The summed E-state index contributed by atoms with van der Waals surface area (Å²) in [5.41, 5.74) is 4.53. The van der Waals surface area contributed by atoms with Gasteiger partial charge in [0.15, 0.2) is 0 Å². The number of halogens is 1. The van der Waals surface area contributed by atoms with Crippen LogP contribution in [0.3, 0.4) is 0 Å². The Bertz CT molecular complexity index is 324. The van der Waals surface area contributed by atoms with Crippen LogP contribution in [-0.4, -0.2) is 13.2 Å². The maximum absolute atomic E-state index is 13.3. The molecule has 0 radical (unpaired) electrons. The number of ether oxygens (including phenoxy) is 1. The summed E-state index contributed by atoms with van der Waals surface area (Å²) >= 11 is 0. The molecule has 3 nitrogen and oxygen atoms in total. The summed E-state index contributed by atoms with van der Waals surface area (Å²) in [6.07, 6.45) is 1.73. The fourth-order valence-corrected chi connectivity index (χ4v) is 1.85. The molecule has 0 aromatic heterocycles. The zero-order valence-corrected chi connectivity index (χ0v) is 10.5. The molecule has 1 rings (SSSR count). The number of benzene rings is 1. The minimum Gasteiger partial charge on any atom is -0.382 e. The standard InChI is InChI=1S/C13H21FN2O/c1-3-17-6-4-5-13(16-15)11-7-10(2)8-12(14)9-11/h7-9,13,16H,3-6,15H2,1-2H3. The van der Waals surface area contributed by atoms with Crippen molar-refractivity contribution in [2.24, 2.45) is 5.84 Å². The second kappa shape index (κ2) is 7.37. The fourth-order valence-electron chi connectivity index (χ4n) is 1.85. The zero-order chi connectivity index (χ0) is 12.7. The van der Waals surface area contributed by atoms with E-state index in [2.05, 4.69) is 5.43 Å². The number of aryl methyl sites for hydroxylation is 1. The molecule has 0 aliphatic rings. The van der Waals surface area contributed by atoms with Gasteiger partial charge in [0.2, 0.25) is 0 Å². The van der Waals surface area contributed by atoms with Crippen molar-refractivity contribution in [3.05, 3.63) is 35.1 Å². The van der Waals surface area contributed by atoms with Crippen molar-refractivity contribution in [2.75, 3.05) is 13.2 Å². The number of hydrogen-bond acceptors (Lipinski definition) is 3. The van der Waals surface area contributed by atoms with Gasteiger partial charge in [0.05, 0.1) is 0 Å². The van der Waals surface area contributed by atoms with Gasteiger partial charge in [-0.25, -0.2) is 4.39 Å². The topological polar surface area (TPSA) is 47.3 Å². The third kappa shape index (κ3) is 4.81. The van der Waals surface area contributed by atoms with E-state index in [1.54, 1.807) is 0 Å². The first-order chi connectivity index (χ1) is 8.17. The van der Waals surface area contributed by atoms with Crippen LogP contribution in [0.5, 0.6) is 0 Å². The van der Waals surface area contributed by atoms with Crippen LogP contribution >= 0.6 is 0 Å². The van der Waals surface area contributed by atoms with Crippen molar-refractivity contribution in [1.82, 2.24) is 5.43 Å². The van der Waals surface area contributed by atoms with E-state index < -0.39 is 0 Å². The lowest BCUT2D eigenvalue weighted by atomic mass is 10.0. The van der Waals surface area contributed by atoms with E-state index in [0.29, 0.717) is 6.61 Å². The first kappa shape index (κ1) is 14.1. The zero-order valence-electron chi connectivity index (χ0n) is 10.5. The molecule has 1 unspecified atom stereocenters. The van der Waals surface area contributed by atoms with E-state index in [-0.39, 0.29) is 11.9 Å². The average molecular weight is 240 g/mol. The fraction of sp³-hybridized carbons (Fsp3) is 0.538. The van der Waals surface area contributed by atoms with Gasteiger partial charge in [-0.1, -0.05) is 6.07 Å². The number of rotatable bonds is 7. The summed E-state index contributed by atoms with van der Waals surface area (Å²) < 4.78 is 18.5. The molecule has 1 atom stereocenters. The molecule has 0 heterocycles. The predicted molar refractivity (Wildman–Crippen MR) is 66.9 cm³/mol. The summed E-state index contributed by atoms with van der Waals surface area (Å²) in [6.45, 7) is 5.28. The molecule has 1 aromatic rings. The van der Waals surface area contributed by atoms with Gasteiger partial charge in [-0.05, 0) is 49.9 Å². The number of nitrogens with two attached hydrogens (primary N) is 1. The second-order valence-electron chi connectivity index (χ2n) is 4.12. The SMILES string of the molecule is CCOCCCC(NN)c1cc(C)cc(F)c1. The van der Waals surface area contributed by atoms with Crippen LogP contribution in [-0.2, 0) is 4.74 Å². The number of nitrogens with one attached hydrogen (secondary N) is 1. The maximum Gasteiger partial charge on any atom is 0.123 e. The van der Waals surface area contributed by atoms with Crippen molar-refractivity contribution in [2.45, 2.75) is 32.7 Å². The number of hydrogen-bond donors (Lipinski definition) is 2. The van der Waals surface area contributed by atoms with Crippen LogP contribution in [0.2, 0.25) is 0 Å². The van der Waals surface area contributed by atoms with Crippen LogP contribution in [0, 0.1) is 12.7 Å². The first-order valence-corrected chi connectivity index (χ1v) is 5.98. The summed E-state index contributed by atoms with van der Waals surface area (Å²) in [5, 5.41) is 0. The lowest BCUT2D eigenvalue weighted by Crippen LogP contribution is -2.28. The summed E-state index contributed by atoms with van der Waals surface area (Å²) in [4.78, 5) is 0. The highest BCUT2D eigenvalue weighted by molar-refractivity contribution is 5.26. The highest BCUT2D eigenvalue weighted by atomic mass is 19.1. The predicted octanol–water partition coefficient (Wildman–Crippen LogP) is 2.46. The van der Waals surface area contributed by atoms with Gasteiger partial charge in [-0.15, -0.1) is 0 Å². The Morgan fingerprint density at radius 2 is 2.18 bits per heavy atom. The Balaban J connectivity index is 2.59. The second-order valence-corrected chi connectivity index (χ2v) is 4.12. The largest absolute Gasteiger partial charge is 0.382 e. The van der Waals surface area contributed by atoms with Crippen LogP contribution < -0.4 is 11.3 Å². The van der Waals surface area contributed by atoms with Gasteiger partial charge < -0.3 is 4.74 Å². The lowest BCUT2D eigenvalue weighted by Gasteiger charge is -2.17. The Morgan fingerprint density at radius 1 is 1.41 bits per heavy atom. The first-order valence-electron chi connectivity index (χ1n) is 5.98. The molecule has 0 amide bonds. The van der Waals surface area contributed by atoms with Crippen LogP contribution in [0.15, 0.2) is 18.2 Å². The van der Waals surface area contributed by atoms with Gasteiger partial charge in [0.1, 0.15) is 5.82 Å². The van der Waals surface area contributed by atoms with E-state index >= 15 is 0 Å². The smallest absolute Gasteiger partial charge is 0.123 e. The summed E-state index contributed by atoms with van der Waals surface area (Å²) in [5.74, 6) is 5.29. The Labute approximate surface area is 102 Å². The lowest BCUT2D eigenvalue weighted by molar-refractivity contribution is 0.141. The van der Waals surface area contributed by atoms with Crippen molar-refractivity contribution in [3.8, 4) is 0 Å². The monoisotopic (exact) mass is 240 g/mol. The molecule has 0 saturated heterocycles. The molecule has 0 aliphatic carbocycles. The molecule has 17 heavy (non-hydrogen) atoms. The van der Waals surface area contributed by atoms with E-state index in [1.165, 1.54) is 12.1 Å². The van der Waals surface area contributed by atoms with Crippen LogP contribution in [0.1, 0.15) is 36.9 Å². The van der Waals surface area contributed by atoms with Crippen molar-refractivity contribution < 1.29 is 9.13 Å². The third-order valence-electron chi connectivity index (χ3n) is 2.65. The van der Waals surface area contributed by atoms with Crippen molar-refractivity contribution >= 4 is 0 Å². The summed E-state index contributed by atoms with van der Waals surface area (Å²) in [6, 6.07) is 4.97. The minimum absolute atomic E-state index is 0.0233. The van der Waals surface area contributed by atoms with Crippen molar-refractivity contribution in [3.63, 3.8) is 0 Å². The Hall–Kier alpha value is -0.970. The number of hydrazine groups is 1. The van der Waals surface area contributed by atoms with Crippen molar-refractivity contribution in [1.29, 1.82) is 0 Å². The molecular formula is C13H21FN2O. The van der Waals surface area contributed by atoms with Crippen LogP contribution in [0.25, 0.3) is 0 Å². The molecule has 0 fully saturated rings. The van der Waals surface area contributed by atoms with Gasteiger partial charge in [-0.2, -0.15) is 0 Å². The normalized spacial score (nSPS) is 12.7. The van der Waals surface area contributed by atoms with E-state index in [1.807, 2.05) is 19.9 Å². The Kier molecular flexibility index (Phi) is 6.11.